The first-order chi connectivity index (χ1) is 9.60. The van der Waals surface area contributed by atoms with Gasteiger partial charge in [0, 0.05) is 6.42 Å². The van der Waals surface area contributed by atoms with Crippen LogP contribution in [-0.4, -0.2) is 35.5 Å². The monoisotopic (exact) mass is 288 g/mol. The third-order valence-corrected chi connectivity index (χ3v) is 3.67. The van der Waals surface area contributed by atoms with Crippen LogP contribution in [0.4, 0.5) is 0 Å². The zero-order valence-corrected chi connectivity index (χ0v) is 13.1. The van der Waals surface area contributed by atoms with Gasteiger partial charge < -0.3 is 14.9 Å². The highest BCUT2D eigenvalue weighted by Gasteiger charge is 2.07. The van der Waals surface area contributed by atoms with E-state index in [-0.39, 0.29) is 19.2 Å². The number of aliphatic hydroxyl groups is 2. The summed E-state index contributed by atoms with van der Waals surface area (Å²) in [5.41, 5.74) is 0. The molecule has 0 aliphatic heterocycles. The molecule has 0 heterocycles. The zero-order valence-electron chi connectivity index (χ0n) is 13.1. The first-order valence-electron chi connectivity index (χ1n) is 8.04. The van der Waals surface area contributed by atoms with Gasteiger partial charge in [-0.05, 0) is 12.3 Å². The summed E-state index contributed by atoms with van der Waals surface area (Å²) in [6, 6.07) is 0. The van der Waals surface area contributed by atoms with Crippen LogP contribution in [0.2, 0.25) is 0 Å². The highest BCUT2D eigenvalue weighted by molar-refractivity contribution is 5.69. The van der Waals surface area contributed by atoms with Gasteiger partial charge in [-0.15, -0.1) is 0 Å². The average molecular weight is 288 g/mol. The predicted molar refractivity (Wildman–Crippen MR) is 80.4 cm³/mol. The largest absolute Gasteiger partial charge is 0.463 e. The Morgan fingerprint density at radius 2 is 1.70 bits per heavy atom. The lowest BCUT2D eigenvalue weighted by Crippen LogP contribution is -2.21. The fourth-order valence-corrected chi connectivity index (χ4v) is 1.99. The van der Waals surface area contributed by atoms with E-state index in [4.69, 9.17) is 14.9 Å². The molecule has 2 unspecified atom stereocenters. The van der Waals surface area contributed by atoms with Crippen LogP contribution in [0, 0.1) is 5.92 Å². The molecule has 2 atom stereocenters. The van der Waals surface area contributed by atoms with Gasteiger partial charge in [0.2, 0.25) is 0 Å². The van der Waals surface area contributed by atoms with Crippen molar-refractivity contribution in [1.29, 1.82) is 0 Å². The highest BCUT2D eigenvalue weighted by Crippen LogP contribution is 2.14. The third-order valence-electron chi connectivity index (χ3n) is 3.67. The van der Waals surface area contributed by atoms with E-state index in [0.29, 0.717) is 6.42 Å². The quantitative estimate of drug-likeness (QED) is 0.404. The molecule has 0 bridgehead atoms. The van der Waals surface area contributed by atoms with Gasteiger partial charge in [0.25, 0.3) is 0 Å². The van der Waals surface area contributed by atoms with E-state index in [0.717, 1.165) is 18.8 Å². The van der Waals surface area contributed by atoms with E-state index in [9.17, 15) is 4.79 Å². The van der Waals surface area contributed by atoms with Crippen molar-refractivity contribution in [3.63, 3.8) is 0 Å². The lowest BCUT2D eigenvalue weighted by molar-refractivity contribution is -0.147. The second-order valence-electron chi connectivity index (χ2n) is 5.69. The average Bonchev–Trinajstić information content (AvgIpc) is 2.46. The molecule has 0 spiro atoms. The topological polar surface area (TPSA) is 66.8 Å². The van der Waals surface area contributed by atoms with Crippen LogP contribution in [0.15, 0.2) is 0 Å². The lowest BCUT2D eigenvalue weighted by atomic mass is 10.00. The predicted octanol–water partition coefficient (Wildman–Crippen LogP) is 3.05. The first-order valence-corrected chi connectivity index (χ1v) is 8.04. The summed E-state index contributed by atoms with van der Waals surface area (Å²) in [7, 11) is 0. The fourth-order valence-electron chi connectivity index (χ4n) is 1.99. The molecular weight excluding hydrogens is 256 g/mol. The van der Waals surface area contributed by atoms with E-state index in [1.165, 1.54) is 38.5 Å². The smallest absolute Gasteiger partial charge is 0.305 e. The number of hydrogen-bond acceptors (Lipinski definition) is 4. The lowest BCUT2D eigenvalue weighted by Gasteiger charge is -2.08. The number of hydrogen-bond donors (Lipinski definition) is 2. The molecule has 0 fully saturated rings. The van der Waals surface area contributed by atoms with Gasteiger partial charge in [-0.2, -0.15) is 0 Å². The third kappa shape index (κ3) is 12.4. The molecule has 0 aromatic carbocycles. The van der Waals surface area contributed by atoms with Crippen molar-refractivity contribution >= 4 is 5.97 Å². The van der Waals surface area contributed by atoms with E-state index in [2.05, 4.69) is 13.8 Å². The summed E-state index contributed by atoms with van der Waals surface area (Å²) in [6.45, 7) is 4.07. The Kier molecular flexibility index (Phi) is 13.0. The van der Waals surface area contributed by atoms with E-state index >= 15 is 0 Å². The maximum Gasteiger partial charge on any atom is 0.305 e. The fraction of sp³-hybridized carbons (Fsp3) is 0.938. The van der Waals surface area contributed by atoms with Crippen molar-refractivity contribution in [2.75, 3.05) is 13.2 Å². The van der Waals surface area contributed by atoms with Gasteiger partial charge >= 0.3 is 5.97 Å². The number of carbonyl (C=O) groups is 1. The van der Waals surface area contributed by atoms with Gasteiger partial charge in [0.05, 0.1) is 6.61 Å². The van der Waals surface area contributed by atoms with Crippen LogP contribution >= 0.6 is 0 Å². The Hall–Kier alpha value is -0.610. The second kappa shape index (κ2) is 13.4. The van der Waals surface area contributed by atoms with Crippen molar-refractivity contribution in [1.82, 2.24) is 0 Å². The Morgan fingerprint density at radius 1 is 1.10 bits per heavy atom. The summed E-state index contributed by atoms with van der Waals surface area (Å²) in [6.07, 6.45) is 8.98. The van der Waals surface area contributed by atoms with E-state index < -0.39 is 6.10 Å². The highest BCUT2D eigenvalue weighted by atomic mass is 16.5. The summed E-state index contributed by atoms with van der Waals surface area (Å²) in [4.78, 5) is 11.3. The number of unbranched alkanes of at least 4 members (excludes halogenated alkanes) is 5. The Morgan fingerprint density at radius 3 is 2.30 bits per heavy atom. The molecule has 0 aromatic rings. The van der Waals surface area contributed by atoms with Gasteiger partial charge in [-0.1, -0.05) is 58.8 Å². The van der Waals surface area contributed by atoms with Crippen LogP contribution in [0.1, 0.15) is 71.6 Å². The van der Waals surface area contributed by atoms with Crippen LogP contribution in [0.5, 0.6) is 0 Å². The first kappa shape index (κ1) is 19.4. The van der Waals surface area contributed by atoms with Crippen molar-refractivity contribution in [2.45, 2.75) is 77.7 Å². The normalized spacial score (nSPS) is 14.0. The number of carbonyl (C=O) groups excluding carboxylic acids is 1. The standard InChI is InChI=1S/C16H32O4/c1-3-14(2)10-8-6-4-5-7-9-11-16(19)20-13-15(18)12-17/h14-15,17-18H,3-13H2,1-2H3. The molecule has 0 aliphatic rings. The molecule has 0 saturated heterocycles. The number of rotatable bonds is 13. The summed E-state index contributed by atoms with van der Waals surface area (Å²) >= 11 is 0. The minimum absolute atomic E-state index is 0.106. The van der Waals surface area contributed by atoms with Gasteiger partial charge in [-0.3, -0.25) is 4.79 Å². The Bertz CT molecular complexity index is 231. The Balaban J connectivity index is 3.25. The van der Waals surface area contributed by atoms with Crippen molar-refractivity contribution < 1.29 is 19.7 Å². The van der Waals surface area contributed by atoms with E-state index in [1.54, 1.807) is 0 Å². The minimum Gasteiger partial charge on any atom is -0.463 e. The minimum atomic E-state index is -0.954. The van der Waals surface area contributed by atoms with Crippen LogP contribution in [-0.2, 0) is 9.53 Å². The maximum atomic E-state index is 11.3. The molecular formula is C16H32O4. The van der Waals surface area contributed by atoms with Gasteiger partial charge in [0.1, 0.15) is 12.7 Å². The van der Waals surface area contributed by atoms with E-state index in [1.807, 2.05) is 0 Å². The molecule has 4 nitrogen and oxygen atoms in total. The second-order valence-corrected chi connectivity index (χ2v) is 5.69. The molecule has 4 heteroatoms. The van der Waals surface area contributed by atoms with Crippen molar-refractivity contribution in [2.24, 2.45) is 5.92 Å². The molecule has 0 radical (unpaired) electrons. The number of aliphatic hydroxyl groups excluding tert-OH is 2. The summed E-state index contributed by atoms with van der Waals surface area (Å²) in [5.74, 6) is 0.563. The molecule has 0 rings (SSSR count). The van der Waals surface area contributed by atoms with Crippen LogP contribution in [0.25, 0.3) is 0 Å². The van der Waals surface area contributed by atoms with Gasteiger partial charge in [0.15, 0.2) is 0 Å². The zero-order chi connectivity index (χ0) is 15.2. The molecule has 0 aliphatic carbocycles. The SMILES string of the molecule is CCC(C)CCCCCCCCC(=O)OCC(O)CO. The summed E-state index contributed by atoms with van der Waals surface area (Å²) < 4.78 is 4.83. The molecule has 2 N–H and O–H groups in total. The molecule has 120 valence electrons. The maximum absolute atomic E-state index is 11.3. The number of ether oxygens (including phenoxy) is 1. The van der Waals surface area contributed by atoms with Crippen molar-refractivity contribution in [3.8, 4) is 0 Å². The van der Waals surface area contributed by atoms with Gasteiger partial charge in [-0.25, -0.2) is 0 Å². The molecule has 0 aromatic heterocycles. The van der Waals surface area contributed by atoms with Crippen molar-refractivity contribution in [3.05, 3.63) is 0 Å². The molecule has 0 amide bonds. The molecule has 0 saturated carbocycles. The molecule has 20 heavy (non-hydrogen) atoms. The van der Waals surface area contributed by atoms with Crippen LogP contribution in [0.3, 0.4) is 0 Å². The van der Waals surface area contributed by atoms with Crippen LogP contribution < -0.4 is 0 Å². The summed E-state index contributed by atoms with van der Waals surface area (Å²) in [5, 5.41) is 17.6. The Labute approximate surface area is 123 Å². The number of esters is 1.